The smallest absolute Gasteiger partial charge is 0.274 e. The number of hydrogen-bond acceptors (Lipinski definition) is 5. The first-order valence-corrected chi connectivity index (χ1v) is 11.5. The lowest BCUT2D eigenvalue weighted by atomic mass is 9.96. The molecule has 8 nitrogen and oxygen atoms in total. The van der Waals surface area contributed by atoms with Crippen LogP contribution in [0.2, 0.25) is 15.2 Å². The minimum atomic E-state index is -1.02. The summed E-state index contributed by atoms with van der Waals surface area (Å²) in [6.45, 7) is 3.40. The third-order valence-corrected chi connectivity index (χ3v) is 6.33. The van der Waals surface area contributed by atoms with Gasteiger partial charge in [0.2, 0.25) is 0 Å². The molecule has 1 aromatic carbocycles. The van der Waals surface area contributed by atoms with Gasteiger partial charge in [-0.25, -0.2) is 9.67 Å². The van der Waals surface area contributed by atoms with E-state index in [2.05, 4.69) is 26.8 Å². The lowest BCUT2D eigenvalue weighted by Crippen LogP contribution is -2.47. The van der Waals surface area contributed by atoms with E-state index in [4.69, 9.17) is 34.8 Å². The Bertz CT molecular complexity index is 1340. The molecule has 1 unspecified atom stereocenters. The van der Waals surface area contributed by atoms with Gasteiger partial charge in [-0.15, -0.1) is 0 Å². The van der Waals surface area contributed by atoms with Crippen molar-refractivity contribution in [3.63, 3.8) is 0 Å². The summed E-state index contributed by atoms with van der Waals surface area (Å²) in [6.07, 6.45) is 3.24. The van der Waals surface area contributed by atoms with E-state index in [1.54, 1.807) is 32.0 Å². The number of rotatable bonds is 6. The molecule has 0 radical (unpaired) electrons. The number of carbonyl (C=O) groups excluding carboxylic acids is 2. The van der Waals surface area contributed by atoms with Gasteiger partial charge in [-0.2, -0.15) is 10.4 Å². The number of anilines is 1. The highest BCUT2D eigenvalue weighted by Gasteiger charge is 2.43. The summed E-state index contributed by atoms with van der Waals surface area (Å²) >= 11 is 18.5. The quantitative estimate of drug-likeness (QED) is 0.466. The fourth-order valence-electron chi connectivity index (χ4n) is 3.66. The van der Waals surface area contributed by atoms with Crippen LogP contribution < -0.4 is 10.6 Å². The highest BCUT2D eigenvalue weighted by Crippen LogP contribution is 2.39. The minimum absolute atomic E-state index is 0.0613. The average molecular weight is 518 g/mol. The number of benzene rings is 1. The second-order valence-electron chi connectivity index (χ2n) is 8.21. The number of pyridine rings is 1. The molecule has 2 heterocycles. The van der Waals surface area contributed by atoms with Crippen molar-refractivity contribution < 1.29 is 9.59 Å². The molecule has 1 aliphatic carbocycles. The fraction of sp³-hybridized carbons (Fsp3) is 0.261. The van der Waals surface area contributed by atoms with Gasteiger partial charge < -0.3 is 10.6 Å². The van der Waals surface area contributed by atoms with Crippen LogP contribution in [0.1, 0.15) is 46.2 Å². The predicted octanol–water partition coefficient (Wildman–Crippen LogP) is 5.21. The van der Waals surface area contributed by atoms with Crippen molar-refractivity contribution in [2.24, 2.45) is 5.92 Å². The highest BCUT2D eigenvalue weighted by molar-refractivity contribution is 6.32. The zero-order chi connectivity index (χ0) is 24.6. The fourth-order valence-corrected chi connectivity index (χ4v) is 4.31. The Hall–Kier alpha value is -3.12. The van der Waals surface area contributed by atoms with Crippen LogP contribution in [0.25, 0.3) is 5.82 Å². The molecule has 1 fully saturated rings. The summed E-state index contributed by atoms with van der Waals surface area (Å²) in [4.78, 5) is 30.7. The van der Waals surface area contributed by atoms with E-state index in [1.165, 1.54) is 23.0 Å². The van der Waals surface area contributed by atoms with Crippen LogP contribution in [0, 0.1) is 24.2 Å². The molecule has 2 amide bonds. The van der Waals surface area contributed by atoms with Gasteiger partial charge in [0, 0.05) is 17.3 Å². The van der Waals surface area contributed by atoms with Crippen LogP contribution in [0.4, 0.5) is 5.69 Å². The van der Waals surface area contributed by atoms with Gasteiger partial charge in [0.25, 0.3) is 11.8 Å². The van der Waals surface area contributed by atoms with E-state index in [0.717, 1.165) is 12.8 Å². The van der Waals surface area contributed by atoms with E-state index < -0.39 is 17.4 Å². The maximum Gasteiger partial charge on any atom is 0.274 e. The van der Waals surface area contributed by atoms with Crippen LogP contribution in [0.3, 0.4) is 0 Å². The van der Waals surface area contributed by atoms with E-state index >= 15 is 0 Å². The minimum Gasteiger partial charge on any atom is -0.334 e. The SMILES string of the molecule is Cc1cc(Cl)cc(C(=O)NC(C)(C#N)C2CC2)c1NC(=O)c1cc(Cl)nn1-c1ncccc1Cl. The third kappa shape index (κ3) is 4.73. The number of aromatic nitrogens is 3. The van der Waals surface area contributed by atoms with E-state index in [9.17, 15) is 14.9 Å². The van der Waals surface area contributed by atoms with Crippen molar-refractivity contribution in [3.8, 4) is 11.9 Å². The third-order valence-electron chi connectivity index (χ3n) is 5.63. The maximum atomic E-state index is 13.3. The van der Waals surface area contributed by atoms with Crippen LogP contribution in [-0.4, -0.2) is 32.1 Å². The molecule has 2 N–H and O–H groups in total. The molecule has 1 atom stereocenters. The summed E-state index contributed by atoms with van der Waals surface area (Å²) in [5, 5.41) is 20.0. The molecule has 4 rings (SSSR count). The Balaban J connectivity index is 1.69. The van der Waals surface area contributed by atoms with E-state index in [0.29, 0.717) is 10.6 Å². The van der Waals surface area contributed by atoms with Crippen molar-refractivity contribution >= 4 is 52.3 Å². The Morgan fingerprint density at radius 3 is 2.59 bits per heavy atom. The molecular weight excluding hydrogens is 499 g/mol. The van der Waals surface area contributed by atoms with Crippen molar-refractivity contribution in [1.29, 1.82) is 5.26 Å². The van der Waals surface area contributed by atoms with E-state index in [1.807, 2.05) is 0 Å². The number of aryl methyl sites for hydroxylation is 1. The second kappa shape index (κ2) is 9.26. The molecule has 3 aromatic rings. The van der Waals surface area contributed by atoms with Gasteiger partial charge >= 0.3 is 0 Å². The van der Waals surface area contributed by atoms with E-state index in [-0.39, 0.29) is 38.9 Å². The monoisotopic (exact) mass is 516 g/mol. The van der Waals surface area contributed by atoms with Gasteiger partial charge in [-0.05, 0) is 62.4 Å². The normalized spacial score (nSPS) is 14.7. The van der Waals surface area contributed by atoms with Gasteiger partial charge in [-0.3, -0.25) is 9.59 Å². The van der Waals surface area contributed by atoms with Gasteiger partial charge in [-0.1, -0.05) is 34.8 Å². The first-order valence-electron chi connectivity index (χ1n) is 10.3. The molecular formula is C23H19Cl3N6O2. The van der Waals surface area contributed by atoms with Crippen molar-refractivity contribution in [1.82, 2.24) is 20.1 Å². The topological polar surface area (TPSA) is 113 Å². The zero-order valence-electron chi connectivity index (χ0n) is 18.2. The largest absolute Gasteiger partial charge is 0.334 e. The van der Waals surface area contributed by atoms with Gasteiger partial charge in [0.05, 0.1) is 22.3 Å². The van der Waals surface area contributed by atoms with Crippen molar-refractivity contribution in [2.75, 3.05) is 5.32 Å². The van der Waals surface area contributed by atoms with Crippen LogP contribution in [0.15, 0.2) is 36.5 Å². The Labute approximate surface area is 210 Å². The number of amides is 2. The molecule has 1 aliphatic rings. The molecule has 2 aromatic heterocycles. The summed E-state index contributed by atoms with van der Waals surface area (Å²) in [5.41, 5.74) is -0.0149. The Morgan fingerprint density at radius 1 is 1.21 bits per heavy atom. The number of nitriles is 1. The Kier molecular flexibility index (Phi) is 6.54. The predicted molar refractivity (Wildman–Crippen MR) is 130 cm³/mol. The molecule has 0 bridgehead atoms. The number of carbonyl (C=O) groups is 2. The number of hydrogen-bond donors (Lipinski definition) is 2. The maximum absolute atomic E-state index is 13.3. The lowest BCUT2D eigenvalue weighted by molar-refractivity contribution is 0.0918. The molecule has 1 saturated carbocycles. The first-order chi connectivity index (χ1) is 16.1. The van der Waals surface area contributed by atoms with Gasteiger partial charge in [0.1, 0.15) is 11.2 Å². The summed E-state index contributed by atoms with van der Waals surface area (Å²) in [7, 11) is 0. The zero-order valence-corrected chi connectivity index (χ0v) is 20.5. The van der Waals surface area contributed by atoms with Crippen LogP contribution in [-0.2, 0) is 0 Å². The number of nitrogens with one attached hydrogen (secondary N) is 2. The summed E-state index contributed by atoms with van der Waals surface area (Å²) in [5.74, 6) is -0.803. The molecule has 34 heavy (non-hydrogen) atoms. The van der Waals surface area contributed by atoms with Crippen molar-refractivity contribution in [2.45, 2.75) is 32.2 Å². The number of halogens is 3. The second-order valence-corrected chi connectivity index (χ2v) is 9.45. The lowest BCUT2D eigenvalue weighted by Gasteiger charge is -2.24. The standard InChI is InChI=1S/C23H19Cl3N6O2/c1-12-8-14(24)9-15(21(33)30-23(2,11-27)13-5-6-13)19(12)29-22(34)17-10-18(26)31-32(17)20-16(25)4-3-7-28-20/h3-4,7-10,13H,5-6H2,1-2H3,(H,29,34)(H,30,33). The first kappa shape index (κ1) is 24.0. The number of nitrogens with zero attached hydrogens (tertiary/aromatic N) is 4. The molecule has 11 heteroatoms. The summed E-state index contributed by atoms with van der Waals surface area (Å²) < 4.78 is 1.23. The van der Waals surface area contributed by atoms with Crippen LogP contribution in [0.5, 0.6) is 0 Å². The summed E-state index contributed by atoms with van der Waals surface area (Å²) in [6, 6.07) is 9.89. The highest BCUT2D eigenvalue weighted by atomic mass is 35.5. The van der Waals surface area contributed by atoms with Gasteiger partial charge in [0.15, 0.2) is 11.0 Å². The van der Waals surface area contributed by atoms with Crippen molar-refractivity contribution in [3.05, 3.63) is 68.5 Å². The molecule has 0 saturated heterocycles. The van der Waals surface area contributed by atoms with Crippen LogP contribution >= 0.6 is 34.8 Å². The molecule has 0 aliphatic heterocycles. The molecule has 0 spiro atoms. The Morgan fingerprint density at radius 2 is 1.94 bits per heavy atom. The average Bonchev–Trinajstić information content (AvgIpc) is 3.58. The molecule has 174 valence electrons.